The summed E-state index contributed by atoms with van der Waals surface area (Å²) in [7, 11) is 0. The number of nitrogens with zero attached hydrogens (tertiary/aromatic N) is 1. The minimum Gasteiger partial charge on any atom is -0.358 e. The van der Waals surface area contributed by atoms with Crippen molar-refractivity contribution in [3.8, 4) is 0 Å². The Morgan fingerprint density at radius 2 is 1.80 bits per heavy atom. The lowest BCUT2D eigenvalue weighted by Crippen LogP contribution is -2.01. The van der Waals surface area contributed by atoms with Gasteiger partial charge in [0.15, 0.2) is 0 Å². The Kier molecular flexibility index (Phi) is 11.5. The number of aromatic nitrogens is 1. The first-order valence-electron chi connectivity index (χ1n) is 12.6. The second-order valence-electron chi connectivity index (χ2n) is 9.34. The van der Waals surface area contributed by atoms with Gasteiger partial charge in [-0.2, -0.15) is 0 Å². The van der Waals surface area contributed by atoms with Gasteiger partial charge in [-0.25, -0.2) is 4.39 Å². The summed E-state index contributed by atoms with van der Waals surface area (Å²) in [5.41, 5.74) is 8.14. The normalized spacial score (nSPS) is 12.5. The third kappa shape index (κ3) is 8.50. The van der Waals surface area contributed by atoms with Crippen molar-refractivity contribution >= 4 is 28.7 Å². The second-order valence-corrected chi connectivity index (χ2v) is 9.75. The largest absolute Gasteiger partial charge is 0.358 e. The molecule has 0 aliphatic heterocycles. The average Bonchev–Trinajstić information content (AvgIpc) is 3.15. The number of aromatic amines is 1. The number of aryl methyl sites for hydroxylation is 2. The second kappa shape index (κ2) is 14.0. The van der Waals surface area contributed by atoms with Crippen LogP contribution in [-0.4, -0.2) is 11.2 Å². The van der Waals surface area contributed by atoms with Crippen LogP contribution in [0.2, 0.25) is 5.02 Å². The van der Waals surface area contributed by atoms with Gasteiger partial charge in [-0.05, 0) is 76.3 Å². The van der Waals surface area contributed by atoms with Crippen LogP contribution in [0.4, 0.5) is 4.39 Å². The van der Waals surface area contributed by atoms with E-state index in [-0.39, 0.29) is 16.8 Å². The highest BCUT2D eigenvalue weighted by Gasteiger charge is 2.19. The van der Waals surface area contributed by atoms with E-state index in [9.17, 15) is 4.39 Å². The van der Waals surface area contributed by atoms with Crippen LogP contribution in [0.1, 0.15) is 89.1 Å². The van der Waals surface area contributed by atoms with Crippen molar-refractivity contribution in [2.75, 3.05) is 0 Å². The number of unbranched alkanes of at least 4 members (excludes halogenated alkanes) is 1. The van der Waals surface area contributed by atoms with Gasteiger partial charge in [0.1, 0.15) is 5.82 Å². The summed E-state index contributed by atoms with van der Waals surface area (Å²) in [5, 5.41) is 1.23. The number of H-pyrrole nitrogens is 1. The van der Waals surface area contributed by atoms with Crippen molar-refractivity contribution in [2.45, 2.75) is 80.1 Å². The van der Waals surface area contributed by atoms with Crippen molar-refractivity contribution in [2.24, 2.45) is 4.99 Å². The van der Waals surface area contributed by atoms with E-state index >= 15 is 0 Å². The molecule has 3 rings (SSSR count). The minimum absolute atomic E-state index is 0.189. The molecule has 188 valence electrons. The Balaban J connectivity index is 0.000000334. The van der Waals surface area contributed by atoms with E-state index in [2.05, 4.69) is 81.9 Å². The fourth-order valence-corrected chi connectivity index (χ4v) is 4.10. The summed E-state index contributed by atoms with van der Waals surface area (Å²) >= 11 is 6.03. The fraction of sp³-hybridized carbons (Fsp3) is 0.387. The number of nitrogens with one attached hydrogen (secondary N) is 1. The van der Waals surface area contributed by atoms with Crippen LogP contribution in [0.15, 0.2) is 64.8 Å². The molecule has 0 saturated heterocycles. The van der Waals surface area contributed by atoms with Gasteiger partial charge in [0.2, 0.25) is 0 Å². The zero-order valence-corrected chi connectivity index (χ0v) is 23.1. The lowest BCUT2D eigenvalue weighted by Gasteiger charge is -2.14. The van der Waals surface area contributed by atoms with Crippen molar-refractivity contribution in [1.29, 1.82) is 0 Å². The van der Waals surface area contributed by atoms with Crippen LogP contribution in [-0.2, 0) is 6.42 Å². The Morgan fingerprint density at radius 1 is 1.11 bits per heavy atom. The first kappa shape index (κ1) is 28.6. The van der Waals surface area contributed by atoms with Crippen molar-refractivity contribution in [1.82, 2.24) is 4.98 Å². The smallest absolute Gasteiger partial charge is 0.143 e. The maximum atomic E-state index is 13.9. The van der Waals surface area contributed by atoms with E-state index in [1.165, 1.54) is 34.0 Å². The molecule has 1 heterocycles. The van der Waals surface area contributed by atoms with E-state index in [0.29, 0.717) is 0 Å². The SMILES string of the molecule is CC/C=C(\C)N=CC=C(C)C.CCCCc1c(C(C)c2ccc(C)cc2)[nH]c2cc(F)c(Cl)cc12. The molecule has 2 aromatic carbocycles. The zero-order valence-electron chi connectivity index (χ0n) is 22.3. The molecule has 4 heteroatoms. The van der Waals surface area contributed by atoms with E-state index in [0.717, 1.165) is 42.3 Å². The summed E-state index contributed by atoms with van der Waals surface area (Å²) in [6, 6.07) is 11.9. The van der Waals surface area contributed by atoms with Crippen LogP contribution in [0, 0.1) is 12.7 Å². The molecule has 0 bridgehead atoms. The van der Waals surface area contributed by atoms with Gasteiger partial charge < -0.3 is 4.98 Å². The molecule has 1 N–H and O–H groups in total. The Bertz CT molecular complexity index is 1180. The Morgan fingerprint density at radius 3 is 2.40 bits per heavy atom. The molecule has 0 fully saturated rings. The topological polar surface area (TPSA) is 28.1 Å². The van der Waals surface area contributed by atoms with Crippen LogP contribution >= 0.6 is 11.6 Å². The molecular weight excluding hydrogens is 455 g/mol. The molecule has 1 atom stereocenters. The van der Waals surface area contributed by atoms with Crippen molar-refractivity contribution in [3.05, 3.63) is 93.0 Å². The third-order valence-corrected chi connectivity index (χ3v) is 6.25. The predicted molar refractivity (Wildman–Crippen MR) is 153 cm³/mol. The standard InChI is InChI=1S/C21H23ClFN.C10H17N/c1-4-5-6-16-17-11-18(22)19(23)12-20(17)24-21(16)14(3)15-9-7-13(2)8-10-15;1-5-6-10(4)11-8-7-9(2)3/h7-12,14,24H,4-6H2,1-3H3;6-8H,5H2,1-4H3/b;10-6+,11-8?. The summed E-state index contributed by atoms with van der Waals surface area (Å²) in [6.07, 6.45) is 10.2. The lowest BCUT2D eigenvalue weighted by atomic mass is 9.92. The Hall–Kier alpha value is -2.65. The number of hydrogen-bond donors (Lipinski definition) is 1. The van der Waals surface area contributed by atoms with E-state index < -0.39 is 0 Å². The van der Waals surface area contributed by atoms with Crippen LogP contribution in [0.5, 0.6) is 0 Å². The summed E-state index contributed by atoms with van der Waals surface area (Å²) in [4.78, 5) is 7.67. The summed E-state index contributed by atoms with van der Waals surface area (Å²) in [5.74, 6) is -0.145. The van der Waals surface area contributed by atoms with Crippen molar-refractivity contribution < 1.29 is 4.39 Å². The molecule has 0 aliphatic rings. The molecule has 1 unspecified atom stereocenters. The van der Waals surface area contributed by atoms with Gasteiger partial charge in [-0.15, -0.1) is 0 Å². The number of hydrogen-bond acceptors (Lipinski definition) is 1. The molecular formula is C31H40ClFN2. The number of rotatable bonds is 8. The van der Waals surface area contributed by atoms with Crippen LogP contribution < -0.4 is 0 Å². The van der Waals surface area contributed by atoms with Gasteiger partial charge in [0.05, 0.1) is 5.02 Å². The zero-order chi connectivity index (χ0) is 26.0. The maximum absolute atomic E-state index is 13.9. The fourth-order valence-electron chi connectivity index (χ4n) is 3.93. The highest BCUT2D eigenvalue weighted by atomic mass is 35.5. The van der Waals surface area contributed by atoms with E-state index in [4.69, 9.17) is 11.6 Å². The molecule has 0 spiro atoms. The molecule has 3 aromatic rings. The number of fused-ring (bicyclic) bond motifs is 1. The maximum Gasteiger partial charge on any atom is 0.143 e. The van der Waals surface area contributed by atoms with E-state index in [1.807, 2.05) is 19.2 Å². The summed E-state index contributed by atoms with van der Waals surface area (Å²) in [6.45, 7) is 14.7. The molecule has 1 aromatic heterocycles. The molecule has 2 nitrogen and oxygen atoms in total. The average molecular weight is 495 g/mol. The lowest BCUT2D eigenvalue weighted by molar-refractivity contribution is 0.630. The minimum atomic E-state index is -0.373. The molecule has 35 heavy (non-hydrogen) atoms. The first-order valence-corrected chi connectivity index (χ1v) is 13.0. The van der Waals surface area contributed by atoms with Crippen LogP contribution in [0.3, 0.4) is 0 Å². The summed E-state index contributed by atoms with van der Waals surface area (Å²) < 4.78 is 13.9. The molecule has 0 amide bonds. The number of halogens is 2. The van der Waals surface area contributed by atoms with Gasteiger partial charge in [0.25, 0.3) is 0 Å². The number of allylic oxidation sites excluding steroid dienone is 4. The van der Waals surface area contributed by atoms with Gasteiger partial charge >= 0.3 is 0 Å². The number of aliphatic imine (C=N–C) groups is 1. The van der Waals surface area contributed by atoms with Gasteiger partial charge in [-0.3, -0.25) is 4.99 Å². The monoisotopic (exact) mass is 494 g/mol. The van der Waals surface area contributed by atoms with E-state index in [1.54, 1.807) is 6.07 Å². The Labute approximate surface area is 216 Å². The van der Waals surface area contributed by atoms with Crippen LogP contribution in [0.25, 0.3) is 10.9 Å². The van der Waals surface area contributed by atoms with Crippen molar-refractivity contribution in [3.63, 3.8) is 0 Å². The quantitative estimate of drug-likeness (QED) is 0.301. The first-order chi connectivity index (χ1) is 16.7. The highest BCUT2D eigenvalue weighted by molar-refractivity contribution is 6.31. The van der Waals surface area contributed by atoms with Gasteiger partial charge in [-0.1, -0.05) is 80.3 Å². The molecule has 0 saturated carbocycles. The number of benzene rings is 2. The predicted octanol–water partition coefficient (Wildman–Crippen LogP) is 10.1. The molecule has 0 radical (unpaired) electrons. The van der Waals surface area contributed by atoms with Gasteiger partial charge in [0, 0.05) is 34.4 Å². The highest BCUT2D eigenvalue weighted by Crippen LogP contribution is 2.35. The molecule has 0 aliphatic carbocycles. The third-order valence-electron chi connectivity index (χ3n) is 5.96.